The Morgan fingerprint density at radius 1 is 1.35 bits per heavy atom. The number of halogens is 1. The quantitative estimate of drug-likeness (QED) is 0.760. The summed E-state index contributed by atoms with van der Waals surface area (Å²) in [5.41, 5.74) is 0.957. The molecule has 1 heterocycles. The van der Waals surface area contributed by atoms with Gasteiger partial charge in [0.15, 0.2) is 12.0 Å². The third-order valence-corrected chi connectivity index (χ3v) is 2.34. The minimum atomic E-state index is -0.419. The zero-order valence-electron chi connectivity index (χ0n) is 8.81. The van der Waals surface area contributed by atoms with Crippen LogP contribution in [0, 0.1) is 17.1 Å². The highest BCUT2D eigenvalue weighted by Gasteiger charge is 2.08. The van der Waals surface area contributed by atoms with E-state index in [1.54, 1.807) is 18.2 Å². The number of benzene rings is 1. The molecule has 84 valence electrons. The first-order chi connectivity index (χ1) is 8.24. The molecule has 0 fully saturated rings. The molecule has 17 heavy (non-hydrogen) atoms. The van der Waals surface area contributed by atoms with Crippen molar-refractivity contribution in [3.8, 4) is 17.4 Å². The van der Waals surface area contributed by atoms with Crippen LogP contribution in [0.25, 0.3) is 11.3 Å². The monoisotopic (exact) mass is 229 g/mol. The first-order valence-electron chi connectivity index (χ1n) is 4.95. The molecule has 0 atom stereocenters. The van der Waals surface area contributed by atoms with Gasteiger partial charge in [-0.25, -0.2) is 4.39 Å². The van der Waals surface area contributed by atoms with E-state index in [1.165, 1.54) is 12.1 Å². The minimum Gasteiger partial charge on any atom is -0.453 e. The second kappa shape index (κ2) is 4.62. The van der Waals surface area contributed by atoms with E-state index < -0.39 is 5.82 Å². The van der Waals surface area contributed by atoms with Crippen LogP contribution in [0.1, 0.15) is 16.1 Å². The van der Waals surface area contributed by atoms with Gasteiger partial charge in [-0.1, -0.05) is 0 Å². The van der Waals surface area contributed by atoms with Crippen LogP contribution in [-0.2, 0) is 6.42 Å². The second-order valence-corrected chi connectivity index (χ2v) is 3.46. The summed E-state index contributed by atoms with van der Waals surface area (Å²) in [6.45, 7) is 0. The smallest absolute Gasteiger partial charge is 0.185 e. The van der Waals surface area contributed by atoms with E-state index in [2.05, 4.69) is 0 Å². The SMILES string of the molecule is N#CCc1cc(-c2ccc(C=O)o2)ccc1F. The van der Waals surface area contributed by atoms with Crippen LogP contribution in [0.15, 0.2) is 34.7 Å². The largest absolute Gasteiger partial charge is 0.453 e. The molecular weight excluding hydrogens is 221 g/mol. The molecule has 2 aromatic rings. The van der Waals surface area contributed by atoms with Gasteiger partial charge in [0.2, 0.25) is 0 Å². The lowest BCUT2D eigenvalue weighted by atomic mass is 10.1. The lowest BCUT2D eigenvalue weighted by Gasteiger charge is -2.01. The molecule has 0 aliphatic carbocycles. The van der Waals surface area contributed by atoms with Crippen LogP contribution in [0.5, 0.6) is 0 Å². The summed E-state index contributed by atoms with van der Waals surface area (Å²) in [6.07, 6.45) is 0.601. The van der Waals surface area contributed by atoms with E-state index in [0.717, 1.165) is 0 Å². The van der Waals surface area contributed by atoms with Crippen molar-refractivity contribution in [2.75, 3.05) is 0 Å². The van der Waals surface area contributed by atoms with E-state index >= 15 is 0 Å². The standard InChI is InChI=1S/C13H8FNO2/c14-12-3-1-10(7-9(12)5-6-15)13-4-2-11(8-16)17-13/h1-4,7-8H,5H2. The summed E-state index contributed by atoms with van der Waals surface area (Å²) < 4.78 is 18.5. The molecule has 0 N–H and O–H groups in total. The molecule has 0 spiro atoms. The van der Waals surface area contributed by atoms with Crippen molar-refractivity contribution in [2.24, 2.45) is 0 Å². The van der Waals surface area contributed by atoms with E-state index in [-0.39, 0.29) is 12.2 Å². The molecule has 1 aromatic heterocycles. The number of carbonyl (C=O) groups excluding carboxylic acids is 1. The van der Waals surface area contributed by atoms with E-state index in [9.17, 15) is 9.18 Å². The summed E-state index contributed by atoms with van der Waals surface area (Å²) in [5, 5.41) is 8.56. The molecule has 0 aliphatic heterocycles. The van der Waals surface area contributed by atoms with E-state index in [0.29, 0.717) is 23.2 Å². The first kappa shape index (κ1) is 11.1. The molecule has 1 aromatic carbocycles. The highest BCUT2D eigenvalue weighted by molar-refractivity contribution is 5.72. The predicted molar refractivity (Wildman–Crippen MR) is 58.8 cm³/mol. The molecule has 0 radical (unpaired) electrons. The third kappa shape index (κ3) is 2.23. The average Bonchev–Trinajstić information content (AvgIpc) is 2.81. The van der Waals surface area contributed by atoms with Crippen molar-refractivity contribution in [3.63, 3.8) is 0 Å². The van der Waals surface area contributed by atoms with Gasteiger partial charge in [-0.3, -0.25) is 4.79 Å². The zero-order valence-corrected chi connectivity index (χ0v) is 8.81. The van der Waals surface area contributed by atoms with Gasteiger partial charge < -0.3 is 4.42 Å². The van der Waals surface area contributed by atoms with Crippen molar-refractivity contribution in [3.05, 3.63) is 47.5 Å². The average molecular weight is 229 g/mol. The highest BCUT2D eigenvalue weighted by atomic mass is 19.1. The molecule has 3 nitrogen and oxygen atoms in total. The maximum absolute atomic E-state index is 13.3. The Labute approximate surface area is 97.1 Å². The van der Waals surface area contributed by atoms with Gasteiger partial charge in [-0.15, -0.1) is 0 Å². The normalized spacial score (nSPS) is 9.88. The number of carbonyl (C=O) groups is 1. The predicted octanol–water partition coefficient (Wildman–Crippen LogP) is 2.96. The van der Waals surface area contributed by atoms with Gasteiger partial charge in [0, 0.05) is 11.1 Å². The maximum atomic E-state index is 13.3. The Balaban J connectivity index is 2.42. The Morgan fingerprint density at radius 2 is 2.18 bits per heavy atom. The van der Waals surface area contributed by atoms with Gasteiger partial charge in [-0.05, 0) is 30.3 Å². The summed E-state index contributed by atoms with van der Waals surface area (Å²) in [7, 11) is 0. The zero-order chi connectivity index (χ0) is 12.3. The van der Waals surface area contributed by atoms with Crippen LogP contribution in [0.4, 0.5) is 4.39 Å². The number of rotatable bonds is 3. The van der Waals surface area contributed by atoms with Crippen molar-refractivity contribution in [2.45, 2.75) is 6.42 Å². The molecule has 0 saturated carbocycles. The van der Waals surface area contributed by atoms with Gasteiger partial charge in [0.1, 0.15) is 11.6 Å². The van der Waals surface area contributed by atoms with E-state index in [1.807, 2.05) is 6.07 Å². The van der Waals surface area contributed by atoms with Gasteiger partial charge in [-0.2, -0.15) is 5.26 Å². The fourth-order valence-corrected chi connectivity index (χ4v) is 1.52. The summed E-state index contributed by atoms with van der Waals surface area (Å²) in [6, 6.07) is 9.44. The second-order valence-electron chi connectivity index (χ2n) is 3.46. The molecule has 0 aliphatic rings. The Bertz CT molecular complexity index is 596. The third-order valence-electron chi connectivity index (χ3n) is 2.34. The molecule has 2 rings (SSSR count). The summed E-state index contributed by atoms with van der Waals surface area (Å²) in [4.78, 5) is 10.5. The number of furan rings is 1. The van der Waals surface area contributed by atoms with Gasteiger partial charge in [0.25, 0.3) is 0 Å². The van der Waals surface area contributed by atoms with Gasteiger partial charge in [0.05, 0.1) is 12.5 Å². The van der Waals surface area contributed by atoms with Crippen molar-refractivity contribution in [1.82, 2.24) is 0 Å². The van der Waals surface area contributed by atoms with Crippen LogP contribution in [-0.4, -0.2) is 6.29 Å². The van der Waals surface area contributed by atoms with Crippen molar-refractivity contribution < 1.29 is 13.6 Å². The van der Waals surface area contributed by atoms with Crippen LogP contribution in [0.3, 0.4) is 0 Å². The maximum Gasteiger partial charge on any atom is 0.185 e. The number of nitrogens with zero attached hydrogens (tertiary/aromatic N) is 1. The van der Waals surface area contributed by atoms with Crippen molar-refractivity contribution in [1.29, 1.82) is 5.26 Å². The number of hydrogen-bond acceptors (Lipinski definition) is 3. The van der Waals surface area contributed by atoms with Crippen molar-refractivity contribution >= 4 is 6.29 Å². The van der Waals surface area contributed by atoms with Crippen LogP contribution < -0.4 is 0 Å². The lowest BCUT2D eigenvalue weighted by molar-refractivity contribution is 0.110. The molecule has 0 saturated heterocycles. The lowest BCUT2D eigenvalue weighted by Crippen LogP contribution is -1.89. The fourth-order valence-electron chi connectivity index (χ4n) is 1.52. The minimum absolute atomic E-state index is 0.000912. The molecule has 0 unspecified atom stereocenters. The summed E-state index contributed by atoms with van der Waals surface area (Å²) in [5.74, 6) is 0.273. The number of nitriles is 1. The van der Waals surface area contributed by atoms with Crippen LogP contribution >= 0.6 is 0 Å². The topological polar surface area (TPSA) is 54.0 Å². The van der Waals surface area contributed by atoms with Gasteiger partial charge >= 0.3 is 0 Å². The first-order valence-corrected chi connectivity index (χ1v) is 4.95. The molecule has 0 bridgehead atoms. The van der Waals surface area contributed by atoms with Crippen LogP contribution in [0.2, 0.25) is 0 Å². The number of aldehydes is 1. The Morgan fingerprint density at radius 3 is 2.82 bits per heavy atom. The number of hydrogen-bond donors (Lipinski definition) is 0. The Kier molecular flexibility index (Phi) is 3.01. The molecule has 4 heteroatoms. The summed E-state index contributed by atoms with van der Waals surface area (Å²) >= 11 is 0. The van der Waals surface area contributed by atoms with E-state index in [4.69, 9.17) is 9.68 Å². The molecule has 0 amide bonds. The highest BCUT2D eigenvalue weighted by Crippen LogP contribution is 2.24. The Hall–Kier alpha value is -2.41. The molecular formula is C13H8FNO2. The fraction of sp³-hybridized carbons (Fsp3) is 0.0769.